The molecular weight excluding hydrogens is 320 g/mol. The average Bonchev–Trinajstić information content (AvgIpc) is 3.02. The normalized spacial score (nSPS) is 13.7. The Morgan fingerprint density at radius 1 is 1.25 bits per heavy atom. The molecule has 0 saturated carbocycles. The van der Waals surface area contributed by atoms with E-state index < -0.39 is 16.9 Å². The fraction of sp³-hybridized carbons (Fsp3) is 0.467. The van der Waals surface area contributed by atoms with Gasteiger partial charge in [-0.15, -0.1) is 0 Å². The largest absolute Gasteiger partial charge is 0.485 e. The fourth-order valence-corrected chi connectivity index (χ4v) is 2.18. The highest BCUT2D eigenvalue weighted by Gasteiger charge is 2.16. The zero-order chi connectivity index (χ0) is 18.1. The maximum atomic E-state index is 10.9. The van der Waals surface area contributed by atoms with Crippen molar-refractivity contribution in [3.05, 3.63) is 33.9 Å². The summed E-state index contributed by atoms with van der Waals surface area (Å²) in [5.41, 5.74) is 0.921. The molecule has 1 aliphatic heterocycles. The molecule has 0 unspecified atom stereocenters. The number of hydrogen-bond acceptors (Lipinski definition) is 6. The third-order valence-electron chi connectivity index (χ3n) is 3.36. The van der Waals surface area contributed by atoms with Crippen molar-refractivity contribution < 1.29 is 29.5 Å². The van der Waals surface area contributed by atoms with Crippen LogP contribution in [0.25, 0.3) is 0 Å². The molecule has 0 spiro atoms. The fourth-order valence-electron chi connectivity index (χ4n) is 2.18. The number of nitro groups is 1. The Morgan fingerprint density at radius 2 is 1.83 bits per heavy atom. The quantitative estimate of drug-likeness (QED) is 0.469. The molecule has 1 fully saturated rings. The highest BCUT2D eigenvalue weighted by molar-refractivity contribution is 6.27. The van der Waals surface area contributed by atoms with E-state index in [1.807, 2.05) is 13.0 Å². The van der Waals surface area contributed by atoms with Gasteiger partial charge >= 0.3 is 17.6 Å². The van der Waals surface area contributed by atoms with Crippen LogP contribution in [0.15, 0.2) is 18.2 Å². The average molecular weight is 340 g/mol. The zero-order valence-electron chi connectivity index (χ0n) is 13.3. The van der Waals surface area contributed by atoms with Crippen molar-refractivity contribution in [3.63, 3.8) is 0 Å². The monoisotopic (exact) mass is 340 g/mol. The van der Waals surface area contributed by atoms with E-state index in [2.05, 4.69) is 4.90 Å². The minimum absolute atomic E-state index is 0.0522. The molecule has 132 valence electrons. The van der Waals surface area contributed by atoms with Crippen LogP contribution < -0.4 is 4.74 Å². The summed E-state index contributed by atoms with van der Waals surface area (Å²) in [5, 5.41) is 25.7. The van der Waals surface area contributed by atoms with Crippen molar-refractivity contribution in [2.75, 3.05) is 26.2 Å². The van der Waals surface area contributed by atoms with Crippen molar-refractivity contribution >= 4 is 17.6 Å². The van der Waals surface area contributed by atoms with Gasteiger partial charge in [-0.3, -0.25) is 15.0 Å². The SMILES string of the molecule is Cc1ccc(OCCN2CCCC2)c([N+](=O)[O-])c1.O=C(O)C(=O)O. The lowest BCUT2D eigenvalue weighted by molar-refractivity contribution is -0.385. The van der Waals surface area contributed by atoms with Crippen LogP contribution >= 0.6 is 0 Å². The summed E-state index contributed by atoms with van der Waals surface area (Å²) in [6.45, 7) is 5.40. The molecule has 9 nitrogen and oxygen atoms in total. The van der Waals surface area contributed by atoms with Crippen LogP contribution in [0.1, 0.15) is 18.4 Å². The predicted octanol–water partition coefficient (Wildman–Crippen LogP) is 1.53. The maximum absolute atomic E-state index is 10.9. The molecule has 0 aromatic heterocycles. The predicted molar refractivity (Wildman–Crippen MR) is 84.3 cm³/mol. The van der Waals surface area contributed by atoms with Crippen molar-refractivity contribution in [1.82, 2.24) is 4.90 Å². The summed E-state index contributed by atoms with van der Waals surface area (Å²) in [7, 11) is 0. The minimum Gasteiger partial charge on any atom is -0.485 e. The Morgan fingerprint density at radius 3 is 2.33 bits per heavy atom. The van der Waals surface area contributed by atoms with Gasteiger partial charge in [0.2, 0.25) is 0 Å². The van der Waals surface area contributed by atoms with E-state index in [1.54, 1.807) is 12.1 Å². The standard InChI is InChI=1S/C13H18N2O3.C2H2O4/c1-11-4-5-13(12(10-11)15(16)17)18-9-8-14-6-2-3-7-14;3-1(4)2(5)6/h4-5,10H,2-3,6-9H2,1H3;(H,3,4)(H,5,6). The van der Waals surface area contributed by atoms with Gasteiger partial charge in [0.25, 0.3) is 0 Å². The molecule has 2 N–H and O–H groups in total. The number of ether oxygens (including phenoxy) is 1. The number of carboxylic acids is 2. The Hall–Kier alpha value is -2.68. The lowest BCUT2D eigenvalue weighted by atomic mass is 10.2. The number of rotatable bonds is 5. The number of nitro benzene ring substituents is 1. The first-order valence-electron chi connectivity index (χ1n) is 7.37. The molecule has 0 bridgehead atoms. The Bertz CT molecular complexity index is 585. The van der Waals surface area contributed by atoms with E-state index in [0.29, 0.717) is 12.4 Å². The third kappa shape index (κ3) is 6.61. The molecule has 24 heavy (non-hydrogen) atoms. The van der Waals surface area contributed by atoms with E-state index in [1.165, 1.54) is 12.8 Å². The molecule has 1 heterocycles. The van der Waals surface area contributed by atoms with Gasteiger partial charge in [-0.25, -0.2) is 9.59 Å². The molecule has 0 amide bonds. The number of benzene rings is 1. The number of hydrogen-bond donors (Lipinski definition) is 2. The van der Waals surface area contributed by atoms with Crippen LogP contribution in [-0.4, -0.2) is 58.2 Å². The van der Waals surface area contributed by atoms with E-state index in [4.69, 9.17) is 24.5 Å². The summed E-state index contributed by atoms with van der Waals surface area (Å²) < 4.78 is 5.53. The van der Waals surface area contributed by atoms with Crippen molar-refractivity contribution in [3.8, 4) is 5.75 Å². The van der Waals surface area contributed by atoms with Crippen LogP contribution in [-0.2, 0) is 9.59 Å². The number of nitrogens with zero attached hydrogens (tertiary/aromatic N) is 2. The van der Waals surface area contributed by atoms with E-state index in [9.17, 15) is 10.1 Å². The van der Waals surface area contributed by atoms with Gasteiger partial charge in [0.05, 0.1) is 4.92 Å². The maximum Gasteiger partial charge on any atom is 0.414 e. The summed E-state index contributed by atoms with van der Waals surface area (Å²) in [6.07, 6.45) is 2.48. The van der Waals surface area contributed by atoms with Crippen molar-refractivity contribution in [1.29, 1.82) is 0 Å². The second-order valence-corrected chi connectivity index (χ2v) is 5.24. The molecule has 0 aliphatic carbocycles. The topological polar surface area (TPSA) is 130 Å². The second kappa shape index (κ2) is 9.46. The van der Waals surface area contributed by atoms with E-state index in [0.717, 1.165) is 25.2 Å². The van der Waals surface area contributed by atoms with Gasteiger partial charge in [-0.1, -0.05) is 6.07 Å². The minimum atomic E-state index is -1.82. The van der Waals surface area contributed by atoms with Crippen molar-refractivity contribution in [2.45, 2.75) is 19.8 Å². The summed E-state index contributed by atoms with van der Waals surface area (Å²) >= 11 is 0. The number of aliphatic carboxylic acids is 2. The molecule has 1 aromatic rings. The first-order chi connectivity index (χ1) is 11.3. The van der Waals surface area contributed by atoms with Gasteiger partial charge in [0, 0.05) is 12.6 Å². The van der Waals surface area contributed by atoms with Gasteiger partial charge in [-0.05, 0) is 44.5 Å². The number of carbonyl (C=O) groups is 2. The summed E-state index contributed by atoms with van der Waals surface area (Å²) in [5.74, 6) is -3.28. The van der Waals surface area contributed by atoms with Crippen LogP contribution in [0, 0.1) is 17.0 Å². The summed E-state index contributed by atoms with van der Waals surface area (Å²) in [4.78, 5) is 31.0. The third-order valence-corrected chi connectivity index (χ3v) is 3.36. The Balaban J connectivity index is 0.000000413. The number of likely N-dealkylation sites (tertiary alicyclic amines) is 1. The zero-order valence-corrected chi connectivity index (χ0v) is 13.3. The van der Waals surface area contributed by atoms with Crippen LogP contribution in [0.5, 0.6) is 5.75 Å². The highest BCUT2D eigenvalue weighted by atomic mass is 16.6. The van der Waals surface area contributed by atoms with Gasteiger partial charge < -0.3 is 14.9 Å². The smallest absolute Gasteiger partial charge is 0.414 e. The number of carboxylic acid groups (broad SMARTS) is 2. The van der Waals surface area contributed by atoms with Gasteiger partial charge in [-0.2, -0.15) is 0 Å². The molecule has 2 rings (SSSR count). The second-order valence-electron chi connectivity index (χ2n) is 5.24. The summed E-state index contributed by atoms with van der Waals surface area (Å²) in [6, 6.07) is 5.06. The molecule has 9 heteroatoms. The molecule has 0 atom stereocenters. The molecule has 1 aliphatic rings. The van der Waals surface area contributed by atoms with Gasteiger partial charge in [0.15, 0.2) is 5.75 Å². The first kappa shape index (κ1) is 19.4. The Labute approximate surface area is 138 Å². The first-order valence-corrected chi connectivity index (χ1v) is 7.37. The molecular formula is C15H20N2O7. The van der Waals surface area contributed by atoms with Crippen LogP contribution in [0.2, 0.25) is 0 Å². The van der Waals surface area contributed by atoms with E-state index >= 15 is 0 Å². The Kier molecular flexibility index (Phi) is 7.63. The molecule has 1 saturated heterocycles. The lowest BCUT2D eigenvalue weighted by Crippen LogP contribution is -2.25. The van der Waals surface area contributed by atoms with Crippen molar-refractivity contribution in [2.24, 2.45) is 0 Å². The number of aryl methyl sites for hydroxylation is 1. The van der Waals surface area contributed by atoms with Crippen LogP contribution in [0.3, 0.4) is 0 Å². The molecule has 1 aromatic carbocycles. The van der Waals surface area contributed by atoms with Crippen LogP contribution in [0.4, 0.5) is 5.69 Å². The van der Waals surface area contributed by atoms with E-state index in [-0.39, 0.29) is 5.69 Å². The molecule has 0 radical (unpaired) electrons. The highest BCUT2D eigenvalue weighted by Crippen LogP contribution is 2.27. The lowest BCUT2D eigenvalue weighted by Gasteiger charge is -2.14. The van der Waals surface area contributed by atoms with Gasteiger partial charge in [0.1, 0.15) is 6.61 Å².